The van der Waals surface area contributed by atoms with Crippen LogP contribution in [0, 0.1) is 35.0 Å². The molecule has 0 aromatic heterocycles. The Morgan fingerprint density at radius 2 is 1.65 bits per heavy atom. The van der Waals surface area contributed by atoms with Gasteiger partial charge in [-0.25, -0.2) is 0 Å². The molecule has 0 radical (unpaired) electrons. The molecule has 0 heterocycles. The first-order chi connectivity index (χ1) is 11.1. The summed E-state index contributed by atoms with van der Waals surface area (Å²) in [6.45, 7) is 3.97. The van der Waals surface area contributed by atoms with Crippen molar-refractivity contribution in [2.45, 2.75) is 77.7 Å². The molecular formula is C19H31NO3. The van der Waals surface area contributed by atoms with Gasteiger partial charge in [0.05, 0.1) is 18.1 Å². The third kappa shape index (κ3) is 5.49. The van der Waals surface area contributed by atoms with E-state index < -0.39 is 0 Å². The molecule has 2 rings (SSSR count). The van der Waals surface area contributed by atoms with Gasteiger partial charge < -0.3 is 9.47 Å². The second-order valence-corrected chi connectivity index (χ2v) is 7.33. The van der Waals surface area contributed by atoms with Crippen molar-refractivity contribution in [3.63, 3.8) is 0 Å². The standard InChI is InChI=1S/C19H31NO3/c1-3-14(2)19(21)23-13-22-18-10-8-17(9-11-18)16-6-4-15(12-20)5-7-16/h14-18H,3-11,13H2,1-2H3. The van der Waals surface area contributed by atoms with Crippen LogP contribution in [-0.2, 0) is 14.3 Å². The number of ether oxygens (including phenoxy) is 2. The first-order valence-electron chi connectivity index (χ1n) is 9.31. The van der Waals surface area contributed by atoms with E-state index in [1.807, 2.05) is 13.8 Å². The van der Waals surface area contributed by atoms with Crippen LogP contribution >= 0.6 is 0 Å². The number of carbonyl (C=O) groups excluding carboxylic acids is 1. The average Bonchev–Trinajstić information content (AvgIpc) is 2.61. The Bertz CT molecular complexity index is 401. The highest BCUT2D eigenvalue weighted by Crippen LogP contribution is 2.40. The lowest BCUT2D eigenvalue weighted by molar-refractivity contribution is -0.167. The number of hydrogen-bond donors (Lipinski definition) is 0. The van der Waals surface area contributed by atoms with Crippen molar-refractivity contribution >= 4 is 5.97 Å². The highest BCUT2D eigenvalue weighted by molar-refractivity contribution is 5.71. The van der Waals surface area contributed by atoms with Crippen molar-refractivity contribution in [2.24, 2.45) is 23.7 Å². The summed E-state index contributed by atoms with van der Waals surface area (Å²) in [4.78, 5) is 11.6. The zero-order valence-corrected chi connectivity index (χ0v) is 14.6. The molecule has 2 aliphatic rings. The molecule has 0 amide bonds. The Balaban J connectivity index is 1.61. The fourth-order valence-electron chi connectivity index (χ4n) is 3.94. The minimum absolute atomic E-state index is 0.0436. The van der Waals surface area contributed by atoms with E-state index in [0.29, 0.717) is 5.92 Å². The van der Waals surface area contributed by atoms with E-state index in [1.54, 1.807) is 0 Å². The molecule has 0 N–H and O–H groups in total. The van der Waals surface area contributed by atoms with Gasteiger partial charge in [0.25, 0.3) is 0 Å². The summed E-state index contributed by atoms with van der Waals surface area (Å²) in [6, 6.07) is 2.42. The summed E-state index contributed by atoms with van der Waals surface area (Å²) in [5.74, 6) is 1.71. The monoisotopic (exact) mass is 321 g/mol. The van der Waals surface area contributed by atoms with Gasteiger partial charge in [0.1, 0.15) is 0 Å². The van der Waals surface area contributed by atoms with Crippen molar-refractivity contribution in [1.82, 2.24) is 0 Å². The molecule has 0 spiro atoms. The molecule has 4 heteroatoms. The van der Waals surface area contributed by atoms with Crippen molar-refractivity contribution in [1.29, 1.82) is 5.26 Å². The molecule has 4 nitrogen and oxygen atoms in total. The van der Waals surface area contributed by atoms with Gasteiger partial charge in [0.15, 0.2) is 6.79 Å². The lowest BCUT2D eigenvalue weighted by Crippen LogP contribution is -2.29. The third-order valence-electron chi connectivity index (χ3n) is 5.86. The second kappa shape index (κ2) is 9.27. The molecular weight excluding hydrogens is 290 g/mol. The molecule has 0 aliphatic heterocycles. The smallest absolute Gasteiger partial charge is 0.310 e. The van der Waals surface area contributed by atoms with Gasteiger partial charge in [-0.1, -0.05) is 13.8 Å². The van der Waals surface area contributed by atoms with Gasteiger partial charge in [-0.15, -0.1) is 0 Å². The maximum Gasteiger partial charge on any atom is 0.310 e. The molecule has 2 aliphatic carbocycles. The average molecular weight is 321 g/mol. The topological polar surface area (TPSA) is 59.3 Å². The molecule has 130 valence electrons. The predicted molar refractivity (Wildman–Crippen MR) is 88.3 cm³/mol. The Labute approximate surface area is 140 Å². The minimum Gasteiger partial charge on any atom is -0.438 e. The van der Waals surface area contributed by atoms with Crippen LogP contribution in [0.15, 0.2) is 0 Å². The predicted octanol–water partition coefficient (Wildman–Crippen LogP) is 4.44. The van der Waals surface area contributed by atoms with Crippen LogP contribution in [0.1, 0.15) is 71.6 Å². The minimum atomic E-state index is -0.157. The maximum atomic E-state index is 11.6. The van der Waals surface area contributed by atoms with Crippen molar-refractivity contribution < 1.29 is 14.3 Å². The van der Waals surface area contributed by atoms with Gasteiger partial charge in [0, 0.05) is 5.92 Å². The fourth-order valence-corrected chi connectivity index (χ4v) is 3.94. The van der Waals surface area contributed by atoms with Crippen molar-refractivity contribution in [2.75, 3.05) is 6.79 Å². The highest BCUT2D eigenvalue weighted by Gasteiger charge is 2.31. The van der Waals surface area contributed by atoms with E-state index in [-0.39, 0.29) is 24.8 Å². The number of hydrogen-bond acceptors (Lipinski definition) is 4. The SMILES string of the molecule is CCC(C)C(=O)OCOC1CCC(C2CCC(C#N)CC2)CC1. The van der Waals surface area contributed by atoms with Crippen LogP contribution in [0.5, 0.6) is 0 Å². The Kier molecular flexibility index (Phi) is 7.36. The fraction of sp³-hybridized carbons (Fsp3) is 0.895. The Morgan fingerprint density at radius 3 is 2.17 bits per heavy atom. The summed E-state index contributed by atoms with van der Waals surface area (Å²) >= 11 is 0. The molecule has 1 unspecified atom stereocenters. The first-order valence-corrected chi connectivity index (χ1v) is 9.31. The van der Waals surface area contributed by atoms with Crippen LogP contribution in [0.3, 0.4) is 0 Å². The Morgan fingerprint density at radius 1 is 1.09 bits per heavy atom. The quantitative estimate of drug-likeness (QED) is 0.536. The molecule has 23 heavy (non-hydrogen) atoms. The van der Waals surface area contributed by atoms with Gasteiger partial charge in [-0.3, -0.25) is 4.79 Å². The number of nitrogens with zero attached hydrogens (tertiary/aromatic N) is 1. The summed E-state index contributed by atoms with van der Waals surface area (Å²) in [7, 11) is 0. The van der Waals surface area contributed by atoms with Crippen LogP contribution < -0.4 is 0 Å². The number of rotatable bonds is 6. The van der Waals surface area contributed by atoms with Gasteiger partial charge in [0.2, 0.25) is 0 Å². The van der Waals surface area contributed by atoms with Crippen molar-refractivity contribution in [3.8, 4) is 6.07 Å². The van der Waals surface area contributed by atoms with Crippen LogP contribution in [0.2, 0.25) is 0 Å². The summed E-state index contributed by atoms with van der Waals surface area (Å²) in [6.07, 6.45) is 10.2. The maximum absolute atomic E-state index is 11.6. The molecule has 2 saturated carbocycles. The lowest BCUT2D eigenvalue weighted by atomic mass is 9.71. The van der Waals surface area contributed by atoms with Crippen LogP contribution in [0.25, 0.3) is 0 Å². The largest absolute Gasteiger partial charge is 0.438 e. The van der Waals surface area contributed by atoms with E-state index in [9.17, 15) is 4.79 Å². The summed E-state index contributed by atoms with van der Waals surface area (Å²) < 4.78 is 10.9. The van der Waals surface area contributed by atoms with Crippen LogP contribution in [-0.4, -0.2) is 18.9 Å². The lowest BCUT2D eigenvalue weighted by Gasteiger charge is -2.36. The summed E-state index contributed by atoms with van der Waals surface area (Å²) in [5.41, 5.74) is 0. The molecule has 2 fully saturated rings. The van der Waals surface area contributed by atoms with Crippen molar-refractivity contribution in [3.05, 3.63) is 0 Å². The molecule has 0 aromatic carbocycles. The van der Waals surface area contributed by atoms with E-state index in [2.05, 4.69) is 6.07 Å². The van der Waals surface area contributed by atoms with Gasteiger partial charge in [-0.2, -0.15) is 5.26 Å². The van der Waals surface area contributed by atoms with Crippen LogP contribution in [0.4, 0.5) is 0 Å². The molecule has 0 aromatic rings. The second-order valence-electron chi connectivity index (χ2n) is 7.33. The molecule has 0 saturated heterocycles. The molecule has 0 bridgehead atoms. The summed E-state index contributed by atoms with van der Waals surface area (Å²) in [5, 5.41) is 8.99. The zero-order valence-electron chi connectivity index (χ0n) is 14.6. The normalized spacial score (nSPS) is 32.7. The molecule has 1 atom stereocenters. The number of esters is 1. The van der Waals surface area contributed by atoms with E-state index in [1.165, 1.54) is 25.7 Å². The van der Waals surface area contributed by atoms with Gasteiger partial charge >= 0.3 is 5.97 Å². The van der Waals surface area contributed by atoms with E-state index >= 15 is 0 Å². The first kappa shape index (κ1) is 18.3. The van der Waals surface area contributed by atoms with Gasteiger partial charge in [-0.05, 0) is 69.6 Å². The third-order valence-corrected chi connectivity index (χ3v) is 5.86. The van der Waals surface area contributed by atoms with E-state index in [4.69, 9.17) is 14.7 Å². The zero-order chi connectivity index (χ0) is 16.7. The number of carbonyl (C=O) groups is 1. The van der Waals surface area contributed by atoms with E-state index in [0.717, 1.165) is 43.9 Å². The Hall–Kier alpha value is -1.08. The highest BCUT2D eigenvalue weighted by atomic mass is 16.7. The number of nitriles is 1.